The number of methoxy groups -OCH3 is 1. The number of nitrogens with zero attached hydrogens (tertiary/aromatic N) is 3. The van der Waals surface area contributed by atoms with Crippen molar-refractivity contribution in [1.29, 1.82) is 5.26 Å². The molecule has 2 heterocycles. The molecule has 1 aliphatic carbocycles. The Morgan fingerprint density at radius 2 is 1.85 bits per heavy atom. The van der Waals surface area contributed by atoms with Gasteiger partial charge in [0, 0.05) is 22.5 Å². The van der Waals surface area contributed by atoms with Crippen LogP contribution in [0.25, 0.3) is 0 Å². The third-order valence-corrected chi connectivity index (χ3v) is 10.5. The van der Waals surface area contributed by atoms with Crippen LogP contribution in [-0.2, 0) is 10.2 Å². The molecule has 0 radical (unpaired) electrons. The number of carboxylic acid groups (broad SMARTS) is 1. The first kappa shape index (κ1) is 33.2. The van der Waals surface area contributed by atoms with Crippen molar-refractivity contribution in [2.75, 3.05) is 12.0 Å². The lowest BCUT2D eigenvalue weighted by atomic mass is 9.62. The Balaban J connectivity index is 1.68. The Bertz CT molecular complexity index is 1800. The summed E-state index contributed by atoms with van der Waals surface area (Å²) >= 11 is 12.5. The summed E-state index contributed by atoms with van der Waals surface area (Å²) in [5, 5.41) is 21.0. The van der Waals surface area contributed by atoms with E-state index >= 15 is 13.6 Å². The first-order chi connectivity index (χ1) is 22.2. The number of benzene rings is 3. The van der Waals surface area contributed by atoms with Gasteiger partial charge in [0.25, 0.3) is 0 Å². The van der Waals surface area contributed by atoms with Gasteiger partial charge in [-0.25, -0.2) is 13.6 Å². The van der Waals surface area contributed by atoms with Crippen molar-refractivity contribution >= 4 is 40.8 Å². The molecule has 1 saturated carbocycles. The Morgan fingerprint density at radius 3 is 2.43 bits per heavy atom. The minimum atomic E-state index is -1.74. The van der Waals surface area contributed by atoms with Crippen LogP contribution in [0.4, 0.5) is 14.5 Å². The van der Waals surface area contributed by atoms with Crippen LogP contribution in [0.2, 0.25) is 10.0 Å². The summed E-state index contributed by atoms with van der Waals surface area (Å²) in [5.41, 5.74) is -1.72. The Hall–Kier alpha value is -3.71. The third-order valence-electron chi connectivity index (χ3n) is 10.0. The molecule has 0 bridgehead atoms. The fraction of sp³-hybridized carbons (Fsp3) is 0.417. The second-order valence-electron chi connectivity index (χ2n) is 13.9. The van der Waals surface area contributed by atoms with Gasteiger partial charge in [0.15, 0.2) is 0 Å². The van der Waals surface area contributed by atoms with Gasteiger partial charge < -0.3 is 9.84 Å². The number of hydrogen-bond donors (Lipinski definition) is 1. The lowest BCUT2D eigenvalue weighted by Gasteiger charge is -2.46. The summed E-state index contributed by atoms with van der Waals surface area (Å²) in [7, 11) is 1.40. The first-order valence-electron chi connectivity index (χ1n) is 15.6. The summed E-state index contributed by atoms with van der Waals surface area (Å²) in [6, 6.07) is 13.5. The van der Waals surface area contributed by atoms with Crippen LogP contribution in [0, 0.1) is 34.3 Å². The van der Waals surface area contributed by atoms with Crippen LogP contribution in [0.15, 0.2) is 54.6 Å². The van der Waals surface area contributed by atoms with E-state index in [1.165, 1.54) is 43.5 Å². The average Bonchev–Trinajstić information content (AvgIpc) is 3.41. The lowest BCUT2D eigenvalue weighted by Crippen LogP contribution is -2.55. The molecule has 7 nitrogen and oxygen atoms in total. The molecule has 2 saturated heterocycles. The molecule has 0 unspecified atom stereocenters. The highest BCUT2D eigenvalue weighted by Crippen LogP contribution is 2.61. The van der Waals surface area contributed by atoms with Crippen molar-refractivity contribution in [1.82, 2.24) is 4.90 Å². The van der Waals surface area contributed by atoms with E-state index in [9.17, 15) is 15.2 Å². The fourth-order valence-electron chi connectivity index (χ4n) is 7.94. The minimum Gasteiger partial charge on any atom is -0.495 e. The standard InChI is InChI=1S/C36H35Cl2F2N3O4/c1-35(2,3)17-28-36(18-41,23-13-12-21(37)16-25(23)39)29(22-9-6-10-24(38)30(22)40)31-33(44)42(32(43(28)31)19-7-5-8-19)26-14-11-20(34(45)46)15-27(26)47-4/h6,9-16,19,28-29,31-32H,5,7-8,17H2,1-4H3,(H,45,46)/t28-,29-,31+,32+,36-/m0/s1. The van der Waals surface area contributed by atoms with Gasteiger partial charge >= 0.3 is 5.97 Å². The zero-order chi connectivity index (χ0) is 34.0. The predicted molar refractivity (Wildman–Crippen MR) is 175 cm³/mol. The molecule has 1 N–H and O–H groups in total. The zero-order valence-corrected chi connectivity index (χ0v) is 27.9. The van der Waals surface area contributed by atoms with Crippen molar-refractivity contribution in [3.63, 3.8) is 0 Å². The van der Waals surface area contributed by atoms with Crippen molar-refractivity contribution in [2.24, 2.45) is 11.3 Å². The molecule has 47 heavy (non-hydrogen) atoms. The van der Waals surface area contributed by atoms with Crippen LogP contribution in [0.5, 0.6) is 5.75 Å². The van der Waals surface area contributed by atoms with Gasteiger partial charge in [0.2, 0.25) is 5.91 Å². The molecule has 6 rings (SSSR count). The quantitative estimate of drug-likeness (QED) is 0.270. The minimum absolute atomic E-state index is 0.0101. The van der Waals surface area contributed by atoms with Gasteiger partial charge in [-0.15, -0.1) is 0 Å². The van der Waals surface area contributed by atoms with Crippen LogP contribution in [0.3, 0.4) is 0 Å². The monoisotopic (exact) mass is 681 g/mol. The number of rotatable bonds is 7. The third kappa shape index (κ3) is 5.26. The zero-order valence-electron chi connectivity index (χ0n) is 26.4. The maximum absolute atomic E-state index is 16.3. The number of carbonyl (C=O) groups excluding carboxylic acids is 1. The predicted octanol–water partition coefficient (Wildman–Crippen LogP) is 8.19. The largest absolute Gasteiger partial charge is 0.495 e. The van der Waals surface area contributed by atoms with E-state index in [4.69, 9.17) is 27.9 Å². The number of amides is 1. The van der Waals surface area contributed by atoms with Crippen molar-refractivity contribution in [2.45, 2.75) is 76.0 Å². The molecular weight excluding hydrogens is 647 g/mol. The van der Waals surface area contributed by atoms with Gasteiger partial charge in [0.05, 0.1) is 35.6 Å². The molecule has 3 aromatic rings. The molecule has 3 fully saturated rings. The first-order valence-corrected chi connectivity index (χ1v) is 16.3. The highest BCUT2D eigenvalue weighted by Gasteiger charge is 2.71. The van der Waals surface area contributed by atoms with E-state index in [1.54, 1.807) is 17.0 Å². The molecule has 3 aliphatic rings. The normalized spacial score (nSPS) is 26.2. The smallest absolute Gasteiger partial charge is 0.335 e. The number of fused-ring (bicyclic) bond motifs is 1. The number of nitriles is 1. The number of carbonyl (C=O) groups is 2. The van der Waals surface area contributed by atoms with Gasteiger partial charge in [-0.2, -0.15) is 5.26 Å². The molecule has 3 aromatic carbocycles. The topological polar surface area (TPSA) is 93.9 Å². The van der Waals surface area contributed by atoms with E-state index < -0.39 is 58.5 Å². The van der Waals surface area contributed by atoms with Crippen LogP contribution >= 0.6 is 23.2 Å². The summed E-state index contributed by atoms with van der Waals surface area (Å²) in [6.07, 6.45) is 2.27. The van der Waals surface area contributed by atoms with Crippen LogP contribution in [0.1, 0.15) is 73.9 Å². The molecular formula is C36H35Cl2F2N3O4. The van der Waals surface area contributed by atoms with E-state index in [0.29, 0.717) is 12.1 Å². The van der Waals surface area contributed by atoms with E-state index in [2.05, 4.69) is 6.07 Å². The second-order valence-corrected chi connectivity index (χ2v) is 14.7. The Kier molecular flexibility index (Phi) is 8.53. The number of ether oxygens (including phenoxy) is 1. The van der Waals surface area contributed by atoms with E-state index in [1.807, 2.05) is 25.7 Å². The fourth-order valence-corrected chi connectivity index (χ4v) is 8.29. The van der Waals surface area contributed by atoms with Gasteiger partial charge in [-0.3, -0.25) is 14.6 Å². The molecule has 246 valence electrons. The van der Waals surface area contributed by atoms with Crippen molar-refractivity contribution in [3.8, 4) is 11.8 Å². The van der Waals surface area contributed by atoms with Gasteiger partial charge in [-0.05, 0) is 72.6 Å². The van der Waals surface area contributed by atoms with Crippen molar-refractivity contribution in [3.05, 3.63) is 93.0 Å². The number of carboxylic acids is 1. The number of halogens is 4. The molecule has 0 aromatic heterocycles. The van der Waals surface area contributed by atoms with Crippen LogP contribution in [-0.4, -0.2) is 47.2 Å². The Morgan fingerprint density at radius 1 is 1.13 bits per heavy atom. The molecule has 5 atom stereocenters. The Labute approximate surface area is 282 Å². The maximum Gasteiger partial charge on any atom is 0.335 e. The van der Waals surface area contributed by atoms with Gasteiger partial charge in [0.1, 0.15) is 28.8 Å². The van der Waals surface area contributed by atoms with E-state index in [-0.39, 0.29) is 38.4 Å². The number of aromatic carboxylic acids is 1. The maximum atomic E-state index is 16.3. The SMILES string of the molecule is COc1cc(C(=O)O)ccc1N1C(=O)[C@H]2[C@H](c3cccc(Cl)c3F)[C@@](C#N)(c3ccc(Cl)cc3F)[C@H](CC(C)(C)C)N2[C@@H]1C1CCC1. The number of hydrogen-bond acceptors (Lipinski definition) is 5. The molecule has 1 amide bonds. The van der Waals surface area contributed by atoms with Crippen LogP contribution < -0.4 is 9.64 Å². The summed E-state index contributed by atoms with van der Waals surface area (Å²) in [6.45, 7) is 6.03. The highest BCUT2D eigenvalue weighted by molar-refractivity contribution is 6.31. The average molecular weight is 683 g/mol. The van der Waals surface area contributed by atoms with Crippen molar-refractivity contribution < 1.29 is 28.2 Å². The van der Waals surface area contributed by atoms with E-state index in [0.717, 1.165) is 25.3 Å². The second kappa shape index (κ2) is 12.1. The summed E-state index contributed by atoms with van der Waals surface area (Å²) in [5.74, 6) is -4.08. The molecule has 2 aliphatic heterocycles. The summed E-state index contributed by atoms with van der Waals surface area (Å²) in [4.78, 5) is 30.6. The van der Waals surface area contributed by atoms with Gasteiger partial charge in [-0.1, -0.05) is 68.6 Å². The molecule has 0 spiro atoms. The lowest BCUT2D eigenvalue weighted by molar-refractivity contribution is -0.119. The highest BCUT2D eigenvalue weighted by atomic mass is 35.5. The molecule has 11 heteroatoms. The summed E-state index contributed by atoms with van der Waals surface area (Å²) < 4.78 is 38.1. The number of anilines is 1.